The summed E-state index contributed by atoms with van der Waals surface area (Å²) in [6, 6.07) is 5.68. The lowest BCUT2D eigenvalue weighted by molar-refractivity contribution is 0.591. The lowest BCUT2D eigenvalue weighted by atomic mass is 10.2. The molecule has 0 spiro atoms. The predicted molar refractivity (Wildman–Crippen MR) is 89.1 cm³/mol. The van der Waals surface area contributed by atoms with Gasteiger partial charge in [-0.25, -0.2) is 9.37 Å². The third kappa shape index (κ3) is 2.84. The highest BCUT2D eigenvalue weighted by Crippen LogP contribution is 2.30. The molecule has 8 heteroatoms. The molecule has 0 radical (unpaired) electrons. The van der Waals surface area contributed by atoms with Gasteiger partial charge in [0.25, 0.3) is 10.0 Å². The number of aromatic nitrogens is 2. The summed E-state index contributed by atoms with van der Waals surface area (Å²) in [5.74, 6) is -0.695. The number of imidazole rings is 1. The Morgan fingerprint density at radius 2 is 2.00 bits per heavy atom. The molecule has 1 N–H and O–H groups in total. The van der Waals surface area contributed by atoms with Crippen LogP contribution in [0.1, 0.15) is 30.3 Å². The number of thiazole rings is 1. The van der Waals surface area contributed by atoms with Crippen LogP contribution < -0.4 is 4.72 Å². The van der Waals surface area contributed by atoms with E-state index in [2.05, 4.69) is 9.71 Å². The van der Waals surface area contributed by atoms with Gasteiger partial charge in [0.2, 0.25) is 0 Å². The number of hydrogen-bond acceptors (Lipinski definition) is 4. The van der Waals surface area contributed by atoms with Gasteiger partial charge in [-0.2, -0.15) is 8.42 Å². The average molecular weight is 353 g/mol. The SMILES string of the molecule is Cc1cn2c(S(=O)(=O)Nc3ccccc3F)c(C(C)C)nc2s1. The molecule has 5 nitrogen and oxygen atoms in total. The highest BCUT2D eigenvalue weighted by atomic mass is 32.2. The molecule has 2 aromatic heterocycles. The number of fused-ring (bicyclic) bond motifs is 1. The second-order valence-electron chi connectivity index (χ2n) is 5.54. The molecular formula is C15H16FN3O2S2. The molecule has 0 unspecified atom stereocenters. The molecule has 0 aliphatic heterocycles. The van der Waals surface area contributed by atoms with Gasteiger partial charge in [-0.15, -0.1) is 11.3 Å². The van der Waals surface area contributed by atoms with Crippen LogP contribution in [0, 0.1) is 12.7 Å². The number of aryl methyl sites for hydroxylation is 1. The molecule has 2 heterocycles. The maximum Gasteiger partial charge on any atom is 0.279 e. The fourth-order valence-corrected chi connectivity index (χ4v) is 4.73. The fourth-order valence-electron chi connectivity index (χ4n) is 2.33. The van der Waals surface area contributed by atoms with Crippen LogP contribution in [0.4, 0.5) is 10.1 Å². The van der Waals surface area contributed by atoms with Gasteiger partial charge in [0, 0.05) is 11.1 Å². The number of rotatable bonds is 4. The second-order valence-corrected chi connectivity index (χ2v) is 8.35. The molecule has 0 saturated carbocycles. The first kappa shape index (κ1) is 15.9. The van der Waals surface area contributed by atoms with Gasteiger partial charge < -0.3 is 0 Å². The maximum atomic E-state index is 13.8. The summed E-state index contributed by atoms with van der Waals surface area (Å²) in [7, 11) is -3.96. The summed E-state index contributed by atoms with van der Waals surface area (Å²) in [6.07, 6.45) is 1.73. The van der Waals surface area contributed by atoms with E-state index in [0.29, 0.717) is 10.7 Å². The minimum absolute atomic E-state index is 0.0649. The summed E-state index contributed by atoms with van der Waals surface area (Å²) in [4.78, 5) is 5.99. The first-order valence-corrected chi connectivity index (χ1v) is 9.35. The van der Waals surface area contributed by atoms with Crippen LogP contribution in [-0.4, -0.2) is 17.8 Å². The Labute approximate surface area is 137 Å². The molecule has 0 aliphatic rings. The van der Waals surface area contributed by atoms with Crippen molar-refractivity contribution >= 4 is 32.0 Å². The van der Waals surface area contributed by atoms with E-state index >= 15 is 0 Å². The monoisotopic (exact) mass is 353 g/mol. The molecule has 3 rings (SSSR count). The van der Waals surface area contributed by atoms with E-state index in [-0.39, 0.29) is 16.6 Å². The summed E-state index contributed by atoms with van der Waals surface area (Å²) < 4.78 is 43.3. The number of hydrogen-bond donors (Lipinski definition) is 1. The highest BCUT2D eigenvalue weighted by Gasteiger charge is 2.28. The van der Waals surface area contributed by atoms with Gasteiger partial charge in [0.15, 0.2) is 9.99 Å². The first-order chi connectivity index (χ1) is 10.8. The van der Waals surface area contributed by atoms with Crippen LogP contribution in [0.25, 0.3) is 4.96 Å². The van der Waals surface area contributed by atoms with Gasteiger partial charge in [-0.3, -0.25) is 9.12 Å². The van der Waals surface area contributed by atoms with E-state index < -0.39 is 15.8 Å². The van der Waals surface area contributed by atoms with E-state index in [4.69, 9.17) is 0 Å². The van der Waals surface area contributed by atoms with E-state index in [9.17, 15) is 12.8 Å². The molecule has 0 aliphatic carbocycles. The number of para-hydroxylation sites is 1. The maximum absolute atomic E-state index is 13.8. The predicted octanol–water partition coefficient (Wildman–Crippen LogP) is 3.77. The zero-order valence-electron chi connectivity index (χ0n) is 12.9. The van der Waals surface area contributed by atoms with Crippen molar-refractivity contribution in [3.63, 3.8) is 0 Å². The molecule has 0 fully saturated rings. The van der Waals surface area contributed by atoms with Crippen LogP contribution in [-0.2, 0) is 10.0 Å². The number of nitrogens with one attached hydrogen (secondary N) is 1. The summed E-state index contributed by atoms with van der Waals surface area (Å²) in [5.41, 5.74) is 0.393. The number of sulfonamides is 1. The van der Waals surface area contributed by atoms with Gasteiger partial charge in [-0.05, 0) is 25.0 Å². The van der Waals surface area contributed by atoms with E-state index in [1.54, 1.807) is 16.7 Å². The van der Waals surface area contributed by atoms with Crippen molar-refractivity contribution in [2.75, 3.05) is 4.72 Å². The standard InChI is InChI=1S/C15H16FN3O2S2/c1-9(2)13-14(19-8-10(3)22-15(19)17-13)23(20,21)18-12-7-5-4-6-11(12)16/h4-9,18H,1-3H3. The molecule has 3 aromatic rings. The molecule has 0 atom stereocenters. The van der Waals surface area contributed by atoms with Crippen molar-refractivity contribution in [1.29, 1.82) is 0 Å². The summed E-state index contributed by atoms with van der Waals surface area (Å²) in [6.45, 7) is 5.64. The largest absolute Gasteiger partial charge is 0.279 e. The van der Waals surface area contributed by atoms with Gasteiger partial charge >= 0.3 is 0 Å². The number of halogens is 1. The average Bonchev–Trinajstić information content (AvgIpc) is 2.96. The molecule has 0 amide bonds. The molecule has 0 saturated heterocycles. The lowest BCUT2D eigenvalue weighted by Gasteiger charge is -2.11. The summed E-state index contributed by atoms with van der Waals surface area (Å²) >= 11 is 1.42. The van der Waals surface area contributed by atoms with Crippen molar-refractivity contribution in [2.45, 2.75) is 31.7 Å². The normalized spacial score (nSPS) is 12.2. The third-order valence-corrected chi connectivity index (χ3v) is 5.64. The van der Waals surface area contributed by atoms with Gasteiger partial charge in [-0.1, -0.05) is 26.0 Å². The Hall–Kier alpha value is -1.93. The fraction of sp³-hybridized carbons (Fsp3) is 0.267. The van der Waals surface area contributed by atoms with Crippen molar-refractivity contribution in [3.8, 4) is 0 Å². The van der Waals surface area contributed by atoms with Crippen LogP contribution in [0.5, 0.6) is 0 Å². The molecule has 1 aromatic carbocycles. The smallest absolute Gasteiger partial charge is 0.279 e. The van der Waals surface area contributed by atoms with Crippen molar-refractivity contribution in [2.24, 2.45) is 0 Å². The van der Waals surface area contributed by atoms with Gasteiger partial charge in [0.05, 0.1) is 11.4 Å². The number of anilines is 1. The van der Waals surface area contributed by atoms with E-state index in [1.165, 1.54) is 29.5 Å². The Balaban J connectivity index is 2.17. The van der Waals surface area contributed by atoms with Crippen molar-refractivity contribution < 1.29 is 12.8 Å². The number of benzene rings is 1. The van der Waals surface area contributed by atoms with Crippen LogP contribution in [0.2, 0.25) is 0 Å². The molecular weight excluding hydrogens is 337 g/mol. The van der Waals surface area contributed by atoms with Crippen molar-refractivity contribution in [3.05, 3.63) is 46.9 Å². The van der Waals surface area contributed by atoms with E-state index in [1.807, 2.05) is 20.8 Å². The first-order valence-electron chi connectivity index (χ1n) is 7.05. The Bertz CT molecular complexity index is 974. The quantitative estimate of drug-likeness (QED) is 0.776. The lowest BCUT2D eigenvalue weighted by Crippen LogP contribution is -2.18. The van der Waals surface area contributed by atoms with Gasteiger partial charge in [0.1, 0.15) is 5.82 Å². The van der Waals surface area contributed by atoms with E-state index in [0.717, 1.165) is 4.88 Å². The zero-order valence-corrected chi connectivity index (χ0v) is 14.5. The zero-order chi connectivity index (χ0) is 16.8. The minimum Gasteiger partial charge on any atom is -0.279 e. The molecule has 0 bridgehead atoms. The van der Waals surface area contributed by atoms with Crippen LogP contribution >= 0.6 is 11.3 Å². The second kappa shape index (κ2) is 5.61. The molecule has 23 heavy (non-hydrogen) atoms. The molecule has 122 valence electrons. The van der Waals surface area contributed by atoms with Crippen LogP contribution in [0.15, 0.2) is 35.5 Å². The summed E-state index contributed by atoms with van der Waals surface area (Å²) in [5, 5.41) is 0.0649. The van der Waals surface area contributed by atoms with Crippen molar-refractivity contribution in [1.82, 2.24) is 9.38 Å². The Morgan fingerprint density at radius 3 is 2.65 bits per heavy atom. The Kier molecular flexibility index (Phi) is 3.89. The third-order valence-electron chi connectivity index (χ3n) is 3.34. The van der Waals surface area contributed by atoms with Crippen LogP contribution in [0.3, 0.4) is 0 Å². The number of nitrogens with zero attached hydrogens (tertiary/aromatic N) is 2. The minimum atomic E-state index is -3.96. The highest BCUT2D eigenvalue weighted by molar-refractivity contribution is 7.92. The topological polar surface area (TPSA) is 63.5 Å². The Morgan fingerprint density at radius 1 is 1.30 bits per heavy atom.